The molecule has 3 N–H and O–H groups in total. The first kappa shape index (κ1) is 15.4. The fourth-order valence-electron chi connectivity index (χ4n) is 3.54. The van der Waals surface area contributed by atoms with Crippen LogP contribution in [0.4, 0.5) is 0 Å². The highest BCUT2D eigenvalue weighted by atomic mass is 16.3. The summed E-state index contributed by atoms with van der Waals surface area (Å²) in [5.41, 5.74) is 3.74. The van der Waals surface area contributed by atoms with E-state index in [0.29, 0.717) is 0 Å². The molecule has 0 unspecified atom stereocenters. The van der Waals surface area contributed by atoms with Crippen molar-refractivity contribution in [1.82, 2.24) is 0 Å². The summed E-state index contributed by atoms with van der Waals surface area (Å²) in [6.07, 6.45) is 0. The summed E-state index contributed by atoms with van der Waals surface area (Å²) in [7, 11) is 0. The van der Waals surface area contributed by atoms with Crippen LogP contribution in [0, 0.1) is 27.7 Å². The Morgan fingerprint density at radius 2 is 0.905 bits per heavy atom. The third kappa shape index (κ3) is 2.61. The number of rotatable bonds is 2. The predicted octanol–water partition coefficient (Wildman–Crippen LogP) is 3.59. The number of aryl methyl sites for hydroxylation is 4. The van der Waals surface area contributed by atoms with Gasteiger partial charge in [0.1, 0.15) is 17.1 Å². The maximum Gasteiger partial charge on any atom is 0.116 e. The molecule has 112 valence electrons. The van der Waals surface area contributed by atoms with E-state index in [1.165, 1.54) is 0 Å². The highest BCUT2D eigenvalue weighted by Gasteiger charge is 2.32. The third-order valence-electron chi connectivity index (χ3n) is 4.01. The summed E-state index contributed by atoms with van der Waals surface area (Å²) in [6, 6.07) is 6.62. The van der Waals surface area contributed by atoms with Gasteiger partial charge in [-0.25, -0.2) is 0 Å². The Labute approximate surface area is 125 Å². The molecule has 0 saturated carbocycles. The molecule has 0 amide bonds. The van der Waals surface area contributed by atoms with Crippen LogP contribution < -0.4 is 0 Å². The van der Waals surface area contributed by atoms with Crippen LogP contribution in [0.3, 0.4) is 0 Å². The lowest BCUT2D eigenvalue weighted by atomic mass is 9.79. The molecule has 0 fully saturated rings. The van der Waals surface area contributed by atoms with E-state index in [4.69, 9.17) is 0 Å². The second-order valence-corrected chi connectivity index (χ2v) is 5.98. The van der Waals surface area contributed by atoms with Crippen molar-refractivity contribution in [2.75, 3.05) is 0 Å². The molecule has 2 rings (SSSR count). The largest absolute Gasteiger partial charge is 0.508 e. The minimum atomic E-state index is -1.19. The zero-order chi connectivity index (χ0) is 15.9. The Bertz CT molecular complexity index is 594. The number of hydrogen-bond donors (Lipinski definition) is 3. The second-order valence-electron chi connectivity index (χ2n) is 5.98. The van der Waals surface area contributed by atoms with Crippen LogP contribution in [-0.2, 0) is 5.60 Å². The van der Waals surface area contributed by atoms with E-state index < -0.39 is 5.60 Å². The highest BCUT2D eigenvalue weighted by molar-refractivity contribution is 5.53. The monoisotopic (exact) mass is 286 g/mol. The Morgan fingerprint density at radius 1 is 0.667 bits per heavy atom. The first-order valence-corrected chi connectivity index (χ1v) is 6.98. The van der Waals surface area contributed by atoms with Crippen molar-refractivity contribution < 1.29 is 15.3 Å². The average Bonchev–Trinajstić information content (AvgIpc) is 2.23. The van der Waals surface area contributed by atoms with Crippen molar-refractivity contribution in [2.24, 2.45) is 0 Å². The molecule has 0 heterocycles. The predicted molar refractivity (Wildman–Crippen MR) is 83.8 cm³/mol. The molecule has 21 heavy (non-hydrogen) atoms. The van der Waals surface area contributed by atoms with Gasteiger partial charge in [0.25, 0.3) is 0 Å². The zero-order valence-electron chi connectivity index (χ0n) is 13.2. The summed E-state index contributed by atoms with van der Waals surface area (Å²) in [5.74, 6) is 0.396. The van der Waals surface area contributed by atoms with E-state index in [9.17, 15) is 15.3 Å². The van der Waals surface area contributed by atoms with Gasteiger partial charge in [-0.05, 0) is 92.3 Å². The molecule has 0 bridgehead atoms. The van der Waals surface area contributed by atoms with Gasteiger partial charge in [-0.15, -0.1) is 0 Å². The summed E-state index contributed by atoms with van der Waals surface area (Å²) in [6.45, 7) is 9.26. The van der Waals surface area contributed by atoms with E-state index in [-0.39, 0.29) is 11.5 Å². The van der Waals surface area contributed by atoms with Crippen LogP contribution in [0.15, 0.2) is 24.3 Å². The van der Waals surface area contributed by atoms with Gasteiger partial charge in [0.2, 0.25) is 0 Å². The molecule has 0 spiro atoms. The first-order chi connectivity index (χ1) is 9.64. The van der Waals surface area contributed by atoms with Gasteiger partial charge in [-0.3, -0.25) is 0 Å². The quantitative estimate of drug-likeness (QED) is 0.790. The van der Waals surface area contributed by atoms with E-state index >= 15 is 0 Å². The fourth-order valence-corrected chi connectivity index (χ4v) is 3.54. The standard InChI is InChI=1S/C18H22O3/c1-10-6-14(19)7-11(2)16(10)18(5,21)17-12(3)8-15(20)9-13(17)4/h6-9,19-21H,1-5H3. The van der Waals surface area contributed by atoms with Crippen LogP contribution in [-0.4, -0.2) is 15.3 Å². The molecular formula is C18H22O3. The lowest BCUT2D eigenvalue weighted by Crippen LogP contribution is -2.27. The highest BCUT2D eigenvalue weighted by Crippen LogP contribution is 2.39. The molecular weight excluding hydrogens is 264 g/mol. The number of aliphatic hydroxyl groups is 1. The maximum absolute atomic E-state index is 11.2. The van der Waals surface area contributed by atoms with Crippen molar-refractivity contribution in [3.05, 3.63) is 57.6 Å². The topological polar surface area (TPSA) is 60.7 Å². The fraction of sp³-hybridized carbons (Fsp3) is 0.333. The van der Waals surface area contributed by atoms with E-state index in [1.54, 1.807) is 31.2 Å². The van der Waals surface area contributed by atoms with Crippen LogP contribution in [0.2, 0.25) is 0 Å². The molecule has 0 aliphatic carbocycles. The van der Waals surface area contributed by atoms with Crippen LogP contribution in [0.5, 0.6) is 11.5 Å². The number of phenols is 2. The molecule has 2 aromatic rings. The first-order valence-electron chi connectivity index (χ1n) is 6.98. The lowest BCUT2D eigenvalue weighted by molar-refractivity contribution is 0.0993. The Hall–Kier alpha value is -2.00. The van der Waals surface area contributed by atoms with Gasteiger partial charge >= 0.3 is 0 Å². The SMILES string of the molecule is Cc1cc(O)cc(C)c1C(C)(O)c1c(C)cc(O)cc1C. The van der Waals surface area contributed by atoms with Gasteiger partial charge in [0, 0.05) is 0 Å². The van der Waals surface area contributed by atoms with Crippen LogP contribution in [0.1, 0.15) is 40.3 Å². The number of hydrogen-bond acceptors (Lipinski definition) is 3. The van der Waals surface area contributed by atoms with Gasteiger partial charge in [0.15, 0.2) is 0 Å². The third-order valence-corrected chi connectivity index (χ3v) is 4.01. The second kappa shape index (κ2) is 5.08. The van der Waals surface area contributed by atoms with Gasteiger partial charge < -0.3 is 15.3 Å². The summed E-state index contributed by atoms with van der Waals surface area (Å²) < 4.78 is 0. The van der Waals surface area contributed by atoms with E-state index in [1.807, 2.05) is 27.7 Å². The summed E-state index contributed by atoms with van der Waals surface area (Å²) in [4.78, 5) is 0. The molecule has 2 aromatic carbocycles. The minimum absolute atomic E-state index is 0.198. The molecule has 3 nitrogen and oxygen atoms in total. The van der Waals surface area contributed by atoms with E-state index in [2.05, 4.69) is 0 Å². The smallest absolute Gasteiger partial charge is 0.116 e. The van der Waals surface area contributed by atoms with Crippen molar-refractivity contribution in [3.8, 4) is 11.5 Å². The molecule has 0 aliphatic heterocycles. The summed E-state index contributed by atoms with van der Waals surface area (Å²) in [5, 5.41) is 30.6. The van der Waals surface area contributed by atoms with Crippen molar-refractivity contribution in [1.29, 1.82) is 0 Å². The molecule has 0 radical (unpaired) electrons. The minimum Gasteiger partial charge on any atom is -0.508 e. The van der Waals surface area contributed by atoms with Crippen molar-refractivity contribution in [2.45, 2.75) is 40.2 Å². The van der Waals surface area contributed by atoms with Gasteiger partial charge in [-0.2, -0.15) is 0 Å². The van der Waals surface area contributed by atoms with Gasteiger partial charge in [-0.1, -0.05) is 0 Å². The maximum atomic E-state index is 11.2. The molecule has 0 saturated heterocycles. The normalized spacial score (nSPS) is 11.7. The number of benzene rings is 2. The molecule has 0 aromatic heterocycles. The molecule has 3 heteroatoms. The lowest BCUT2D eigenvalue weighted by Gasteiger charge is -2.31. The number of phenolic OH excluding ortho intramolecular Hbond substituents is 2. The Morgan fingerprint density at radius 3 is 1.14 bits per heavy atom. The van der Waals surface area contributed by atoms with E-state index in [0.717, 1.165) is 33.4 Å². The van der Waals surface area contributed by atoms with Crippen LogP contribution in [0.25, 0.3) is 0 Å². The molecule has 0 atom stereocenters. The van der Waals surface area contributed by atoms with Crippen molar-refractivity contribution >= 4 is 0 Å². The van der Waals surface area contributed by atoms with Crippen LogP contribution >= 0.6 is 0 Å². The Kier molecular flexibility index (Phi) is 3.72. The molecule has 0 aliphatic rings. The zero-order valence-corrected chi connectivity index (χ0v) is 13.2. The summed E-state index contributed by atoms with van der Waals surface area (Å²) >= 11 is 0. The van der Waals surface area contributed by atoms with Gasteiger partial charge in [0.05, 0.1) is 0 Å². The Balaban J connectivity index is 2.74. The van der Waals surface area contributed by atoms with Crippen molar-refractivity contribution in [3.63, 3.8) is 0 Å². The number of aromatic hydroxyl groups is 2. The average molecular weight is 286 g/mol.